The Morgan fingerprint density at radius 3 is 2.55 bits per heavy atom. The van der Waals surface area contributed by atoms with E-state index in [2.05, 4.69) is 30.8 Å². The first-order valence-corrected chi connectivity index (χ1v) is 7.21. The summed E-state index contributed by atoms with van der Waals surface area (Å²) in [5.74, 6) is 2.47. The molecule has 106 valence electrons. The lowest BCUT2D eigenvalue weighted by atomic mass is 10.2. The number of imidazole rings is 1. The first-order chi connectivity index (χ1) is 9.72. The minimum absolute atomic E-state index is 0.766. The molecule has 0 amide bonds. The molecule has 2 aromatic rings. The van der Waals surface area contributed by atoms with E-state index in [9.17, 15) is 0 Å². The molecule has 2 heterocycles. The average Bonchev–Trinajstić information content (AvgIpc) is 2.84. The summed E-state index contributed by atoms with van der Waals surface area (Å²) in [6.45, 7) is 2.68. The first-order valence-electron chi connectivity index (χ1n) is 6.42. The van der Waals surface area contributed by atoms with Crippen LogP contribution in [0.25, 0.3) is 11.4 Å². The highest BCUT2D eigenvalue weighted by atomic mass is 79.9. The van der Waals surface area contributed by atoms with Crippen molar-refractivity contribution >= 4 is 15.9 Å². The fourth-order valence-electron chi connectivity index (χ4n) is 2.42. The molecule has 1 aliphatic rings. The van der Waals surface area contributed by atoms with Crippen molar-refractivity contribution < 1.29 is 9.47 Å². The largest absolute Gasteiger partial charge is 0.497 e. The highest BCUT2D eigenvalue weighted by molar-refractivity contribution is 9.10. The third kappa shape index (κ3) is 2.29. The molecule has 0 aliphatic carbocycles. The molecule has 3 rings (SSSR count). The number of halogens is 1. The van der Waals surface area contributed by atoms with Crippen LogP contribution < -0.4 is 14.8 Å². The SMILES string of the molecule is COc1cc(OC)cc(-c2nc(Br)c3n2CCNC3)c1. The summed E-state index contributed by atoms with van der Waals surface area (Å²) >= 11 is 3.54. The fraction of sp³-hybridized carbons (Fsp3) is 0.357. The Bertz CT molecular complexity index is 617. The van der Waals surface area contributed by atoms with Crippen LogP contribution in [-0.2, 0) is 13.1 Å². The average molecular weight is 338 g/mol. The molecule has 0 radical (unpaired) electrons. The van der Waals surface area contributed by atoms with Crippen molar-refractivity contribution in [1.82, 2.24) is 14.9 Å². The van der Waals surface area contributed by atoms with Gasteiger partial charge in [-0.2, -0.15) is 0 Å². The number of hydrogen-bond acceptors (Lipinski definition) is 4. The van der Waals surface area contributed by atoms with Gasteiger partial charge in [-0.05, 0) is 28.1 Å². The summed E-state index contributed by atoms with van der Waals surface area (Å²) in [6.07, 6.45) is 0. The minimum Gasteiger partial charge on any atom is -0.497 e. The molecule has 0 spiro atoms. The van der Waals surface area contributed by atoms with Crippen LogP contribution in [0.15, 0.2) is 22.8 Å². The Morgan fingerprint density at radius 1 is 1.20 bits per heavy atom. The highest BCUT2D eigenvalue weighted by Crippen LogP contribution is 2.32. The zero-order valence-electron chi connectivity index (χ0n) is 11.4. The number of aromatic nitrogens is 2. The Balaban J connectivity index is 2.13. The van der Waals surface area contributed by atoms with Crippen molar-refractivity contribution in [3.63, 3.8) is 0 Å². The maximum absolute atomic E-state index is 5.33. The molecule has 1 N–H and O–H groups in total. The Labute approximate surface area is 126 Å². The molecule has 0 saturated heterocycles. The summed E-state index contributed by atoms with van der Waals surface area (Å²) in [6, 6.07) is 5.82. The second kappa shape index (κ2) is 5.46. The zero-order valence-corrected chi connectivity index (χ0v) is 13.0. The van der Waals surface area contributed by atoms with Gasteiger partial charge in [0.05, 0.1) is 19.9 Å². The Morgan fingerprint density at radius 2 is 1.90 bits per heavy atom. The van der Waals surface area contributed by atoms with Gasteiger partial charge in [-0.3, -0.25) is 0 Å². The summed E-state index contributed by atoms with van der Waals surface area (Å²) in [5.41, 5.74) is 2.17. The van der Waals surface area contributed by atoms with Gasteiger partial charge in [0.25, 0.3) is 0 Å². The fourth-order valence-corrected chi connectivity index (χ4v) is 2.94. The van der Waals surface area contributed by atoms with Crippen LogP contribution in [0.4, 0.5) is 0 Å². The van der Waals surface area contributed by atoms with Gasteiger partial charge in [0.15, 0.2) is 0 Å². The van der Waals surface area contributed by atoms with Gasteiger partial charge in [0, 0.05) is 31.3 Å². The molecule has 0 atom stereocenters. The Kier molecular flexibility index (Phi) is 3.67. The molecule has 1 aromatic carbocycles. The minimum atomic E-state index is 0.766. The van der Waals surface area contributed by atoms with E-state index >= 15 is 0 Å². The zero-order chi connectivity index (χ0) is 14.1. The normalized spacial score (nSPS) is 13.9. The van der Waals surface area contributed by atoms with Crippen LogP contribution in [0.1, 0.15) is 5.69 Å². The lowest BCUT2D eigenvalue weighted by Crippen LogP contribution is -2.28. The van der Waals surface area contributed by atoms with E-state index in [0.29, 0.717) is 0 Å². The van der Waals surface area contributed by atoms with Crippen LogP contribution in [0.5, 0.6) is 11.5 Å². The molecular formula is C14H16BrN3O2. The van der Waals surface area contributed by atoms with E-state index in [1.165, 1.54) is 5.69 Å². The maximum atomic E-state index is 5.33. The topological polar surface area (TPSA) is 48.3 Å². The molecule has 1 aromatic heterocycles. The number of ether oxygens (including phenoxy) is 2. The summed E-state index contributed by atoms with van der Waals surface area (Å²) < 4.78 is 13.8. The van der Waals surface area contributed by atoms with Crippen molar-refractivity contribution in [1.29, 1.82) is 0 Å². The molecule has 6 heteroatoms. The van der Waals surface area contributed by atoms with Crippen molar-refractivity contribution in [2.45, 2.75) is 13.1 Å². The third-order valence-electron chi connectivity index (χ3n) is 3.44. The van der Waals surface area contributed by atoms with Crippen molar-refractivity contribution in [3.05, 3.63) is 28.5 Å². The van der Waals surface area contributed by atoms with Crippen molar-refractivity contribution in [2.24, 2.45) is 0 Å². The van der Waals surface area contributed by atoms with Crippen LogP contribution in [0.3, 0.4) is 0 Å². The number of benzene rings is 1. The van der Waals surface area contributed by atoms with Gasteiger partial charge in [0.1, 0.15) is 21.9 Å². The molecule has 20 heavy (non-hydrogen) atoms. The second-order valence-corrected chi connectivity index (χ2v) is 5.35. The number of nitrogens with zero attached hydrogens (tertiary/aromatic N) is 2. The number of hydrogen-bond donors (Lipinski definition) is 1. The molecule has 1 aliphatic heterocycles. The van der Waals surface area contributed by atoms with Crippen LogP contribution >= 0.6 is 15.9 Å². The van der Waals surface area contributed by atoms with Gasteiger partial charge in [0.2, 0.25) is 0 Å². The molecule has 0 bridgehead atoms. The van der Waals surface area contributed by atoms with Gasteiger partial charge in [-0.1, -0.05) is 0 Å². The van der Waals surface area contributed by atoms with E-state index in [-0.39, 0.29) is 0 Å². The van der Waals surface area contributed by atoms with Gasteiger partial charge >= 0.3 is 0 Å². The van der Waals surface area contributed by atoms with Crippen LogP contribution in [0, 0.1) is 0 Å². The van der Waals surface area contributed by atoms with Gasteiger partial charge in [-0.25, -0.2) is 4.98 Å². The van der Waals surface area contributed by atoms with Gasteiger partial charge in [-0.15, -0.1) is 0 Å². The predicted octanol–water partition coefficient (Wildman–Crippen LogP) is 2.43. The highest BCUT2D eigenvalue weighted by Gasteiger charge is 2.20. The van der Waals surface area contributed by atoms with E-state index in [1.807, 2.05) is 18.2 Å². The first kappa shape index (κ1) is 13.5. The van der Waals surface area contributed by atoms with Crippen LogP contribution in [0.2, 0.25) is 0 Å². The summed E-state index contributed by atoms with van der Waals surface area (Å²) in [7, 11) is 3.30. The van der Waals surface area contributed by atoms with Crippen molar-refractivity contribution in [3.8, 4) is 22.9 Å². The second-order valence-electron chi connectivity index (χ2n) is 4.60. The van der Waals surface area contributed by atoms with E-state index in [1.54, 1.807) is 14.2 Å². The molecule has 0 unspecified atom stereocenters. The standard InChI is InChI=1S/C14H16BrN3O2/c1-19-10-5-9(6-11(7-10)20-2)14-17-13(15)12-8-16-3-4-18(12)14/h5-7,16H,3-4,8H2,1-2H3. The monoisotopic (exact) mass is 337 g/mol. The van der Waals surface area contributed by atoms with Crippen molar-refractivity contribution in [2.75, 3.05) is 20.8 Å². The summed E-state index contributed by atoms with van der Waals surface area (Å²) in [4.78, 5) is 4.64. The van der Waals surface area contributed by atoms with E-state index < -0.39 is 0 Å². The quantitative estimate of drug-likeness (QED) is 0.934. The number of nitrogens with one attached hydrogen (secondary N) is 1. The number of methoxy groups -OCH3 is 2. The maximum Gasteiger partial charge on any atom is 0.141 e. The van der Waals surface area contributed by atoms with Crippen LogP contribution in [-0.4, -0.2) is 30.3 Å². The number of fused-ring (bicyclic) bond motifs is 1. The Hall–Kier alpha value is -1.53. The molecule has 5 nitrogen and oxygen atoms in total. The predicted molar refractivity (Wildman–Crippen MR) is 80.2 cm³/mol. The molecular weight excluding hydrogens is 322 g/mol. The number of rotatable bonds is 3. The third-order valence-corrected chi connectivity index (χ3v) is 4.07. The van der Waals surface area contributed by atoms with E-state index in [4.69, 9.17) is 9.47 Å². The smallest absolute Gasteiger partial charge is 0.141 e. The summed E-state index contributed by atoms with van der Waals surface area (Å²) in [5, 5.41) is 3.35. The van der Waals surface area contributed by atoms with Gasteiger partial charge < -0.3 is 19.4 Å². The lowest BCUT2D eigenvalue weighted by Gasteiger charge is -2.18. The molecule has 0 saturated carbocycles. The lowest BCUT2D eigenvalue weighted by molar-refractivity contribution is 0.394. The molecule has 0 fully saturated rings. The van der Waals surface area contributed by atoms with E-state index in [0.717, 1.165) is 47.1 Å².